The van der Waals surface area contributed by atoms with Crippen molar-refractivity contribution in [1.29, 1.82) is 0 Å². The molecule has 0 radical (unpaired) electrons. The summed E-state index contributed by atoms with van der Waals surface area (Å²) in [6.45, 7) is 0. The van der Waals surface area contributed by atoms with Crippen molar-refractivity contribution in [3.8, 4) is 0 Å². The third kappa shape index (κ3) is 3.58. The maximum Gasteiger partial charge on any atom is 0.255 e. The van der Waals surface area contributed by atoms with Gasteiger partial charge in [0.15, 0.2) is 0 Å². The molecule has 18 heavy (non-hydrogen) atoms. The van der Waals surface area contributed by atoms with Crippen LogP contribution in [0.25, 0.3) is 0 Å². The highest BCUT2D eigenvalue weighted by molar-refractivity contribution is 14.1. The zero-order chi connectivity index (χ0) is 13.1. The van der Waals surface area contributed by atoms with Crippen molar-refractivity contribution in [3.05, 3.63) is 60.2 Å². The van der Waals surface area contributed by atoms with E-state index in [0.717, 1.165) is 12.8 Å². The molecule has 0 saturated heterocycles. The monoisotopic (exact) mass is 483 g/mol. The Balaban J connectivity index is 2.16. The van der Waals surface area contributed by atoms with Gasteiger partial charge < -0.3 is 5.32 Å². The molecule has 0 atom stereocenters. The number of amides is 1. The molecule has 0 aliphatic carbocycles. The van der Waals surface area contributed by atoms with Crippen LogP contribution >= 0.6 is 56.8 Å². The predicted octanol–water partition coefficient (Wildman–Crippen LogP) is 4.80. The number of hydrogen-bond donors (Lipinski definition) is 1. The molecule has 1 N–H and O–H groups in total. The Labute approximate surface area is 137 Å². The predicted molar refractivity (Wildman–Crippen MR) is 91.3 cm³/mol. The summed E-state index contributed by atoms with van der Waals surface area (Å²) >= 11 is 10.3. The van der Waals surface area contributed by atoms with Crippen LogP contribution in [-0.4, -0.2) is 5.91 Å². The lowest BCUT2D eigenvalue weighted by molar-refractivity contribution is 0.102. The Morgan fingerprint density at radius 3 is 2.33 bits per heavy atom. The van der Waals surface area contributed by atoms with Crippen LogP contribution in [-0.2, 0) is 0 Å². The van der Waals surface area contributed by atoms with Crippen LogP contribution in [0.3, 0.4) is 0 Å². The summed E-state index contributed by atoms with van der Waals surface area (Å²) in [5.41, 5.74) is 1.33. The minimum Gasteiger partial charge on any atom is -0.322 e. The van der Waals surface area contributed by atoms with Gasteiger partial charge in [-0.15, -0.1) is 0 Å². The molecular weight excluding hydrogens is 475 g/mol. The van der Waals surface area contributed by atoms with E-state index >= 15 is 0 Å². The summed E-state index contributed by atoms with van der Waals surface area (Å²) in [6, 6.07) is 12.9. The highest BCUT2D eigenvalue weighted by atomic mass is 127. The molecule has 0 aliphatic rings. The summed E-state index contributed by atoms with van der Waals surface area (Å²) in [5.74, 6) is -0.158. The normalized spacial score (nSPS) is 10.2. The topological polar surface area (TPSA) is 29.1 Å². The average Bonchev–Trinajstić information content (AvgIpc) is 2.35. The molecule has 2 aromatic carbocycles. The van der Waals surface area contributed by atoms with Crippen molar-refractivity contribution in [2.45, 2.75) is 0 Å². The van der Waals surface area contributed by atoms with Gasteiger partial charge in [0.05, 0.1) is 5.02 Å². The van der Waals surface area contributed by atoms with E-state index < -0.39 is 0 Å². The quantitative estimate of drug-likeness (QED) is 0.611. The molecule has 0 heterocycles. The van der Waals surface area contributed by atoms with Crippen LogP contribution < -0.4 is 5.32 Å². The Morgan fingerprint density at radius 2 is 1.72 bits per heavy atom. The Morgan fingerprint density at radius 1 is 1.06 bits per heavy atom. The Hall–Kier alpha value is -0.340. The minimum atomic E-state index is -0.158. The van der Waals surface area contributed by atoms with E-state index in [2.05, 4.69) is 50.5 Å². The molecule has 0 aromatic heterocycles. The fraction of sp³-hybridized carbons (Fsp3) is 0. The molecular formula is C13H8ClI2NO. The fourth-order valence-corrected chi connectivity index (χ4v) is 2.25. The van der Waals surface area contributed by atoms with Gasteiger partial charge in [-0.25, -0.2) is 0 Å². The van der Waals surface area contributed by atoms with E-state index in [0.29, 0.717) is 10.6 Å². The maximum absolute atomic E-state index is 12.0. The van der Waals surface area contributed by atoms with Crippen LogP contribution in [0.15, 0.2) is 42.5 Å². The molecule has 0 spiro atoms. The first-order valence-corrected chi connectivity index (χ1v) is 7.62. The summed E-state index contributed by atoms with van der Waals surface area (Å²) < 4.78 is 2.06. The Bertz CT molecular complexity index is 584. The standard InChI is InChI=1S/C13H8ClI2NO/c14-11-7-8(1-6-12(11)16)13(18)17-10-4-2-9(15)3-5-10/h1-7H,(H,17,18). The number of nitrogens with one attached hydrogen (secondary N) is 1. The third-order valence-electron chi connectivity index (χ3n) is 2.28. The number of hydrogen-bond acceptors (Lipinski definition) is 1. The third-order valence-corrected chi connectivity index (χ3v) is 4.58. The van der Waals surface area contributed by atoms with Gasteiger partial charge in [0, 0.05) is 18.4 Å². The molecule has 0 aliphatic heterocycles. The molecule has 2 nitrogen and oxygen atoms in total. The van der Waals surface area contributed by atoms with Gasteiger partial charge in [-0.2, -0.15) is 0 Å². The number of benzene rings is 2. The first-order chi connectivity index (χ1) is 8.56. The van der Waals surface area contributed by atoms with E-state index in [1.54, 1.807) is 12.1 Å². The van der Waals surface area contributed by atoms with Crippen molar-refractivity contribution in [1.82, 2.24) is 0 Å². The van der Waals surface area contributed by atoms with E-state index in [1.807, 2.05) is 30.3 Å². The first kappa shape index (κ1) is 14.1. The summed E-state index contributed by atoms with van der Waals surface area (Å²) in [4.78, 5) is 12.0. The highest BCUT2D eigenvalue weighted by Gasteiger charge is 2.08. The zero-order valence-corrected chi connectivity index (χ0v) is 14.2. The van der Waals surface area contributed by atoms with Gasteiger partial charge in [-0.1, -0.05) is 11.6 Å². The van der Waals surface area contributed by atoms with Crippen LogP contribution in [0, 0.1) is 7.14 Å². The van der Waals surface area contributed by atoms with Crippen LogP contribution in [0.4, 0.5) is 5.69 Å². The molecule has 0 bridgehead atoms. The molecule has 0 unspecified atom stereocenters. The van der Waals surface area contributed by atoms with Crippen LogP contribution in [0.5, 0.6) is 0 Å². The SMILES string of the molecule is O=C(Nc1ccc(I)cc1)c1ccc(I)c(Cl)c1. The van der Waals surface area contributed by atoms with Gasteiger partial charge in [-0.05, 0) is 87.6 Å². The fourth-order valence-electron chi connectivity index (χ4n) is 1.37. The molecule has 2 aromatic rings. The summed E-state index contributed by atoms with van der Waals surface area (Å²) in [6.07, 6.45) is 0. The number of anilines is 1. The summed E-state index contributed by atoms with van der Waals surface area (Å²) in [7, 11) is 0. The lowest BCUT2D eigenvalue weighted by atomic mass is 10.2. The van der Waals surface area contributed by atoms with Crippen molar-refractivity contribution in [2.75, 3.05) is 5.32 Å². The molecule has 1 amide bonds. The second-order valence-corrected chi connectivity index (χ2v) is 6.40. The van der Waals surface area contributed by atoms with Crippen molar-refractivity contribution in [2.24, 2.45) is 0 Å². The number of rotatable bonds is 2. The van der Waals surface area contributed by atoms with Gasteiger partial charge in [0.2, 0.25) is 0 Å². The van der Waals surface area contributed by atoms with Gasteiger partial charge >= 0.3 is 0 Å². The van der Waals surface area contributed by atoms with E-state index in [1.165, 1.54) is 0 Å². The van der Waals surface area contributed by atoms with Gasteiger partial charge in [0.1, 0.15) is 0 Å². The first-order valence-electron chi connectivity index (χ1n) is 5.08. The van der Waals surface area contributed by atoms with Crippen molar-refractivity contribution in [3.63, 3.8) is 0 Å². The molecule has 5 heteroatoms. The lowest BCUT2D eigenvalue weighted by Crippen LogP contribution is -2.11. The largest absolute Gasteiger partial charge is 0.322 e. The smallest absolute Gasteiger partial charge is 0.255 e. The van der Waals surface area contributed by atoms with Crippen LogP contribution in [0.1, 0.15) is 10.4 Å². The molecule has 2 rings (SSSR count). The van der Waals surface area contributed by atoms with Crippen molar-refractivity contribution < 1.29 is 4.79 Å². The number of carbonyl (C=O) groups excluding carboxylic acids is 1. The molecule has 92 valence electrons. The van der Waals surface area contributed by atoms with E-state index in [9.17, 15) is 4.79 Å². The molecule has 0 fully saturated rings. The highest BCUT2D eigenvalue weighted by Crippen LogP contribution is 2.20. The number of carbonyl (C=O) groups is 1. The van der Waals surface area contributed by atoms with Crippen LogP contribution in [0.2, 0.25) is 5.02 Å². The molecule has 0 saturated carbocycles. The minimum absolute atomic E-state index is 0.158. The maximum atomic E-state index is 12.0. The average molecular weight is 483 g/mol. The number of halogens is 3. The van der Waals surface area contributed by atoms with Gasteiger partial charge in [0.25, 0.3) is 5.91 Å². The van der Waals surface area contributed by atoms with Crippen molar-refractivity contribution >= 4 is 68.4 Å². The Kier molecular flexibility index (Phi) is 4.85. The van der Waals surface area contributed by atoms with E-state index in [4.69, 9.17) is 11.6 Å². The van der Waals surface area contributed by atoms with Gasteiger partial charge in [-0.3, -0.25) is 4.79 Å². The summed E-state index contributed by atoms with van der Waals surface area (Å²) in [5, 5.41) is 3.42. The lowest BCUT2D eigenvalue weighted by Gasteiger charge is -2.06. The van der Waals surface area contributed by atoms with E-state index in [-0.39, 0.29) is 5.91 Å². The second-order valence-electron chi connectivity index (χ2n) is 3.59. The zero-order valence-electron chi connectivity index (χ0n) is 9.08. The second kappa shape index (κ2) is 6.21.